The molecule has 0 amide bonds. The van der Waals surface area contributed by atoms with Gasteiger partial charge in [0, 0.05) is 12.2 Å². The molecule has 0 aliphatic rings. The van der Waals surface area contributed by atoms with Crippen LogP contribution in [0.3, 0.4) is 0 Å². The van der Waals surface area contributed by atoms with Crippen LogP contribution in [0.1, 0.15) is 16.7 Å². The molecule has 0 atom stereocenters. The first-order valence-electron chi connectivity index (χ1n) is 6.63. The molecule has 2 aromatic rings. The maximum absolute atomic E-state index is 5.15. The number of hydrogen-bond acceptors (Lipinski definition) is 2. The van der Waals surface area contributed by atoms with Crippen molar-refractivity contribution in [2.24, 2.45) is 0 Å². The molecule has 0 bridgehead atoms. The van der Waals surface area contributed by atoms with Crippen molar-refractivity contribution in [2.75, 3.05) is 19.0 Å². The molecule has 2 rings (SSSR count). The van der Waals surface area contributed by atoms with Crippen molar-refractivity contribution in [3.63, 3.8) is 0 Å². The van der Waals surface area contributed by atoms with E-state index in [4.69, 9.17) is 4.74 Å². The Morgan fingerprint density at radius 3 is 2.37 bits per heavy atom. The molecule has 1 N–H and O–H groups in total. The zero-order valence-electron chi connectivity index (χ0n) is 11.9. The second kappa shape index (κ2) is 6.28. The summed E-state index contributed by atoms with van der Waals surface area (Å²) in [5, 5.41) is 3.49. The molecule has 2 heteroatoms. The monoisotopic (exact) mass is 255 g/mol. The standard InChI is InChI=1S/C17H21NO/c1-13-4-9-17(14(2)12-13)18-11-10-15-5-7-16(19-3)8-6-15/h4-9,12,18H,10-11H2,1-3H3. The average Bonchev–Trinajstić information content (AvgIpc) is 2.42. The molecule has 100 valence electrons. The molecular formula is C17H21NO. The molecule has 0 aromatic heterocycles. The SMILES string of the molecule is COc1ccc(CCNc2ccc(C)cc2C)cc1. The minimum absolute atomic E-state index is 0.908. The van der Waals surface area contributed by atoms with Gasteiger partial charge in [0.25, 0.3) is 0 Å². The molecule has 0 saturated heterocycles. The van der Waals surface area contributed by atoms with Crippen molar-refractivity contribution in [2.45, 2.75) is 20.3 Å². The number of benzene rings is 2. The summed E-state index contributed by atoms with van der Waals surface area (Å²) in [6.07, 6.45) is 1.01. The Kier molecular flexibility index (Phi) is 4.45. The minimum atomic E-state index is 0.908. The fraction of sp³-hybridized carbons (Fsp3) is 0.294. The molecule has 0 aliphatic carbocycles. The molecule has 19 heavy (non-hydrogen) atoms. The summed E-state index contributed by atoms with van der Waals surface area (Å²) in [5.74, 6) is 0.908. The van der Waals surface area contributed by atoms with E-state index in [0.717, 1.165) is 18.7 Å². The third-order valence-electron chi connectivity index (χ3n) is 3.27. The highest BCUT2D eigenvalue weighted by molar-refractivity contribution is 5.52. The lowest BCUT2D eigenvalue weighted by Gasteiger charge is -2.10. The van der Waals surface area contributed by atoms with Gasteiger partial charge in [0.05, 0.1) is 7.11 Å². The first kappa shape index (κ1) is 13.5. The third kappa shape index (κ3) is 3.75. The first-order chi connectivity index (χ1) is 9.19. The topological polar surface area (TPSA) is 21.3 Å². The summed E-state index contributed by atoms with van der Waals surface area (Å²) < 4.78 is 5.15. The molecule has 0 radical (unpaired) electrons. The summed E-state index contributed by atoms with van der Waals surface area (Å²) >= 11 is 0. The minimum Gasteiger partial charge on any atom is -0.497 e. The summed E-state index contributed by atoms with van der Waals surface area (Å²) in [7, 11) is 1.69. The van der Waals surface area contributed by atoms with E-state index in [-0.39, 0.29) is 0 Å². The van der Waals surface area contributed by atoms with Crippen LogP contribution in [-0.4, -0.2) is 13.7 Å². The second-order valence-corrected chi connectivity index (χ2v) is 4.84. The second-order valence-electron chi connectivity index (χ2n) is 4.84. The number of ether oxygens (including phenoxy) is 1. The quantitative estimate of drug-likeness (QED) is 0.873. The summed E-state index contributed by atoms with van der Waals surface area (Å²) in [4.78, 5) is 0. The Bertz CT molecular complexity index is 531. The summed E-state index contributed by atoms with van der Waals surface area (Å²) in [5.41, 5.74) is 5.14. The maximum Gasteiger partial charge on any atom is 0.118 e. The molecule has 2 nitrogen and oxygen atoms in total. The van der Waals surface area contributed by atoms with Crippen LogP contribution >= 0.6 is 0 Å². The molecule has 0 heterocycles. The number of aryl methyl sites for hydroxylation is 2. The number of nitrogens with one attached hydrogen (secondary N) is 1. The number of methoxy groups -OCH3 is 1. The molecule has 0 fully saturated rings. The van der Waals surface area contributed by atoms with E-state index in [2.05, 4.69) is 49.5 Å². The van der Waals surface area contributed by atoms with Crippen LogP contribution in [0, 0.1) is 13.8 Å². The van der Waals surface area contributed by atoms with Gasteiger partial charge in [-0.2, -0.15) is 0 Å². The number of anilines is 1. The lowest BCUT2D eigenvalue weighted by Crippen LogP contribution is -2.06. The van der Waals surface area contributed by atoms with Gasteiger partial charge in [-0.15, -0.1) is 0 Å². The van der Waals surface area contributed by atoms with Crippen LogP contribution in [-0.2, 0) is 6.42 Å². The Morgan fingerprint density at radius 2 is 1.74 bits per heavy atom. The Morgan fingerprint density at radius 1 is 1.00 bits per heavy atom. The van der Waals surface area contributed by atoms with Crippen molar-refractivity contribution in [1.82, 2.24) is 0 Å². The lowest BCUT2D eigenvalue weighted by atomic mass is 10.1. The van der Waals surface area contributed by atoms with Crippen LogP contribution in [0.4, 0.5) is 5.69 Å². The molecule has 2 aromatic carbocycles. The van der Waals surface area contributed by atoms with Crippen molar-refractivity contribution in [3.05, 3.63) is 59.2 Å². The van der Waals surface area contributed by atoms with Gasteiger partial charge in [0.1, 0.15) is 5.75 Å². The summed E-state index contributed by atoms with van der Waals surface area (Å²) in [6, 6.07) is 14.7. The van der Waals surface area contributed by atoms with Gasteiger partial charge in [0.2, 0.25) is 0 Å². The van der Waals surface area contributed by atoms with Crippen molar-refractivity contribution >= 4 is 5.69 Å². The fourth-order valence-electron chi connectivity index (χ4n) is 2.15. The molecule has 0 saturated carbocycles. The van der Waals surface area contributed by atoms with Crippen LogP contribution < -0.4 is 10.1 Å². The van der Waals surface area contributed by atoms with Crippen molar-refractivity contribution in [1.29, 1.82) is 0 Å². The maximum atomic E-state index is 5.15. The van der Waals surface area contributed by atoms with Crippen LogP contribution in [0.15, 0.2) is 42.5 Å². The average molecular weight is 255 g/mol. The highest BCUT2D eigenvalue weighted by Gasteiger charge is 1.98. The Hall–Kier alpha value is -1.96. The van der Waals surface area contributed by atoms with E-state index >= 15 is 0 Å². The van der Waals surface area contributed by atoms with Crippen LogP contribution in [0.2, 0.25) is 0 Å². The third-order valence-corrected chi connectivity index (χ3v) is 3.27. The van der Waals surface area contributed by atoms with Crippen LogP contribution in [0.25, 0.3) is 0 Å². The van der Waals surface area contributed by atoms with E-state index in [1.54, 1.807) is 7.11 Å². The smallest absolute Gasteiger partial charge is 0.118 e. The van der Waals surface area contributed by atoms with E-state index in [0.29, 0.717) is 0 Å². The zero-order valence-corrected chi connectivity index (χ0v) is 11.9. The van der Waals surface area contributed by atoms with E-state index in [1.807, 2.05) is 12.1 Å². The summed E-state index contributed by atoms with van der Waals surface area (Å²) in [6.45, 7) is 5.20. The lowest BCUT2D eigenvalue weighted by molar-refractivity contribution is 0.414. The largest absolute Gasteiger partial charge is 0.497 e. The van der Waals surface area contributed by atoms with Crippen molar-refractivity contribution in [3.8, 4) is 5.75 Å². The van der Waals surface area contributed by atoms with Crippen LogP contribution in [0.5, 0.6) is 5.75 Å². The molecule has 0 spiro atoms. The van der Waals surface area contributed by atoms with E-state index < -0.39 is 0 Å². The van der Waals surface area contributed by atoms with Gasteiger partial charge in [-0.1, -0.05) is 29.8 Å². The van der Waals surface area contributed by atoms with Gasteiger partial charge in [-0.05, 0) is 49.6 Å². The predicted octanol–water partition coefficient (Wildman–Crippen LogP) is 3.97. The Labute approximate surface area is 115 Å². The van der Waals surface area contributed by atoms with E-state index in [1.165, 1.54) is 22.4 Å². The molecule has 0 unspecified atom stereocenters. The van der Waals surface area contributed by atoms with Gasteiger partial charge in [-0.3, -0.25) is 0 Å². The fourth-order valence-corrected chi connectivity index (χ4v) is 2.15. The predicted molar refractivity (Wildman–Crippen MR) is 81.1 cm³/mol. The first-order valence-corrected chi connectivity index (χ1v) is 6.63. The van der Waals surface area contributed by atoms with Gasteiger partial charge >= 0.3 is 0 Å². The zero-order chi connectivity index (χ0) is 13.7. The Balaban J connectivity index is 1.88. The normalized spacial score (nSPS) is 10.3. The van der Waals surface area contributed by atoms with Gasteiger partial charge < -0.3 is 10.1 Å². The number of rotatable bonds is 5. The number of hydrogen-bond donors (Lipinski definition) is 1. The van der Waals surface area contributed by atoms with Crippen molar-refractivity contribution < 1.29 is 4.74 Å². The molecular weight excluding hydrogens is 234 g/mol. The highest BCUT2D eigenvalue weighted by Crippen LogP contribution is 2.16. The van der Waals surface area contributed by atoms with Gasteiger partial charge in [-0.25, -0.2) is 0 Å². The molecule has 0 aliphatic heterocycles. The highest BCUT2D eigenvalue weighted by atomic mass is 16.5. The van der Waals surface area contributed by atoms with Gasteiger partial charge in [0.15, 0.2) is 0 Å². The van der Waals surface area contributed by atoms with E-state index in [9.17, 15) is 0 Å².